The quantitative estimate of drug-likeness (QED) is 0.691. The molecule has 0 bridgehead atoms. The van der Waals surface area contributed by atoms with Crippen molar-refractivity contribution in [1.29, 1.82) is 0 Å². The van der Waals surface area contributed by atoms with Crippen LogP contribution in [0.5, 0.6) is 0 Å². The molecule has 0 saturated carbocycles. The highest BCUT2D eigenvalue weighted by molar-refractivity contribution is 7.89. The second-order valence-corrected chi connectivity index (χ2v) is 8.41. The van der Waals surface area contributed by atoms with Crippen molar-refractivity contribution in [2.45, 2.75) is 38.4 Å². The average Bonchev–Trinajstić information content (AvgIpc) is 2.97. The van der Waals surface area contributed by atoms with Gasteiger partial charge in [-0.2, -0.15) is 13.2 Å². The van der Waals surface area contributed by atoms with E-state index in [1.807, 2.05) is 6.92 Å². The summed E-state index contributed by atoms with van der Waals surface area (Å²) in [6.07, 6.45) is -4.64. The van der Waals surface area contributed by atoms with Gasteiger partial charge in [-0.15, -0.1) is 0 Å². The molecule has 0 saturated heterocycles. The summed E-state index contributed by atoms with van der Waals surface area (Å²) < 4.78 is 68.6. The number of nitrogens with zero attached hydrogens (tertiary/aromatic N) is 2. The van der Waals surface area contributed by atoms with Gasteiger partial charge in [0.15, 0.2) is 0 Å². The number of nitrogens with one attached hydrogen (secondary N) is 1. The number of aryl methyl sites for hydroxylation is 3. The van der Waals surface area contributed by atoms with Gasteiger partial charge in [0, 0.05) is 13.1 Å². The first kappa shape index (κ1) is 20.3. The number of benzene rings is 2. The lowest BCUT2D eigenvalue weighted by Crippen LogP contribution is -2.29. The van der Waals surface area contributed by atoms with Crippen molar-refractivity contribution in [2.24, 2.45) is 0 Å². The summed E-state index contributed by atoms with van der Waals surface area (Å²) in [5.74, 6) is -1.05. The third-order valence-electron chi connectivity index (χ3n) is 4.62. The summed E-state index contributed by atoms with van der Waals surface area (Å²) in [4.78, 5) is 3.78. The monoisotopic (exact) mass is 411 g/mol. The zero-order chi connectivity index (χ0) is 20.7. The summed E-state index contributed by atoms with van der Waals surface area (Å²) >= 11 is 0. The van der Waals surface area contributed by atoms with E-state index in [1.165, 1.54) is 12.1 Å². The average molecular weight is 411 g/mol. The molecule has 28 heavy (non-hydrogen) atoms. The second kappa shape index (κ2) is 7.21. The van der Waals surface area contributed by atoms with Crippen molar-refractivity contribution >= 4 is 21.1 Å². The number of fused-ring (bicyclic) bond motifs is 1. The van der Waals surface area contributed by atoms with Crippen molar-refractivity contribution in [1.82, 2.24) is 14.3 Å². The molecule has 0 amide bonds. The van der Waals surface area contributed by atoms with E-state index in [0.29, 0.717) is 11.1 Å². The van der Waals surface area contributed by atoms with Crippen LogP contribution in [0, 0.1) is 20.8 Å². The Bertz CT molecular complexity index is 1140. The Hall–Kier alpha value is -2.39. The molecular weight excluding hydrogens is 391 g/mol. The van der Waals surface area contributed by atoms with Crippen LogP contribution in [0.4, 0.5) is 13.2 Å². The number of alkyl halides is 3. The Morgan fingerprint density at radius 2 is 1.68 bits per heavy atom. The van der Waals surface area contributed by atoms with E-state index in [-0.39, 0.29) is 23.5 Å². The molecule has 5 nitrogen and oxygen atoms in total. The van der Waals surface area contributed by atoms with Gasteiger partial charge in [-0.3, -0.25) is 0 Å². The molecule has 0 unspecified atom stereocenters. The topological polar surface area (TPSA) is 64.0 Å². The third-order valence-corrected chi connectivity index (χ3v) is 6.22. The van der Waals surface area contributed by atoms with E-state index in [9.17, 15) is 21.6 Å². The van der Waals surface area contributed by atoms with Gasteiger partial charge in [0.1, 0.15) is 0 Å². The summed E-state index contributed by atoms with van der Waals surface area (Å²) in [5.41, 5.74) is 2.89. The number of hydrogen-bond donors (Lipinski definition) is 1. The molecule has 9 heteroatoms. The molecule has 3 rings (SSSR count). The van der Waals surface area contributed by atoms with Crippen LogP contribution in [0.25, 0.3) is 11.0 Å². The molecular formula is C19H20F3N3O2S. The summed E-state index contributed by atoms with van der Waals surface area (Å²) in [5, 5.41) is 0. The van der Waals surface area contributed by atoms with Crippen LogP contribution in [-0.4, -0.2) is 24.5 Å². The molecule has 0 spiro atoms. The fourth-order valence-electron chi connectivity index (χ4n) is 3.11. The van der Waals surface area contributed by atoms with E-state index >= 15 is 0 Å². The predicted octanol–water partition coefficient (Wildman–Crippen LogP) is 3.96. The lowest BCUT2D eigenvalue weighted by atomic mass is 10.1. The molecule has 150 valence electrons. The highest BCUT2D eigenvalue weighted by atomic mass is 32.2. The van der Waals surface area contributed by atoms with Crippen LogP contribution in [0.15, 0.2) is 41.3 Å². The Kier molecular flexibility index (Phi) is 5.24. The minimum Gasteiger partial charge on any atom is -0.319 e. The SMILES string of the molecule is Cc1cc(C)c(S(=O)(=O)NCCn2c(C(F)(F)F)nc3ccccc32)cc1C. The Labute approximate surface area is 161 Å². The van der Waals surface area contributed by atoms with Gasteiger partial charge in [-0.05, 0) is 55.7 Å². The van der Waals surface area contributed by atoms with Gasteiger partial charge in [0.05, 0.1) is 15.9 Å². The largest absolute Gasteiger partial charge is 0.449 e. The van der Waals surface area contributed by atoms with E-state index < -0.39 is 22.0 Å². The molecule has 0 aliphatic carbocycles. The smallest absolute Gasteiger partial charge is 0.319 e. The fourth-order valence-corrected chi connectivity index (χ4v) is 4.44. The van der Waals surface area contributed by atoms with Crippen molar-refractivity contribution in [2.75, 3.05) is 6.54 Å². The van der Waals surface area contributed by atoms with Gasteiger partial charge >= 0.3 is 6.18 Å². The summed E-state index contributed by atoms with van der Waals surface area (Å²) in [7, 11) is -3.85. The number of hydrogen-bond acceptors (Lipinski definition) is 3. The number of para-hydroxylation sites is 2. The van der Waals surface area contributed by atoms with Gasteiger partial charge in [-0.1, -0.05) is 18.2 Å². The highest BCUT2D eigenvalue weighted by Crippen LogP contribution is 2.31. The molecule has 3 aromatic rings. The van der Waals surface area contributed by atoms with E-state index in [4.69, 9.17) is 0 Å². The third kappa shape index (κ3) is 3.90. The van der Waals surface area contributed by atoms with Gasteiger partial charge in [0.25, 0.3) is 0 Å². The van der Waals surface area contributed by atoms with Gasteiger partial charge in [0.2, 0.25) is 15.8 Å². The number of aromatic nitrogens is 2. The van der Waals surface area contributed by atoms with Crippen LogP contribution in [0.1, 0.15) is 22.5 Å². The predicted molar refractivity (Wildman–Crippen MR) is 101 cm³/mol. The Balaban J connectivity index is 1.87. The molecule has 1 N–H and O–H groups in total. The number of imidazole rings is 1. The van der Waals surface area contributed by atoms with Crippen LogP contribution in [0.2, 0.25) is 0 Å². The highest BCUT2D eigenvalue weighted by Gasteiger charge is 2.37. The number of halogens is 3. The van der Waals surface area contributed by atoms with Crippen molar-refractivity contribution in [3.05, 3.63) is 58.9 Å². The van der Waals surface area contributed by atoms with Crippen LogP contribution < -0.4 is 4.72 Å². The van der Waals surface area contributed by atoms with Crippen LogP contribution in [-0.2, 0) is 22.7 Å². The van der Waals surface area contributed by atoms with E-state index in [1.54, 1.807) is 38.1 Å². The molecule has 1 heterocycles. The molecule has 2 aromatic carbocycles. The minimum atomic E-state index is -4.64. The fraction of sp³-hybridized carbons (Fsp3) is 0.316. The van der Waals surface area contributed by atoms with E-state index in [0.717, 1.165) is 15.7 Å². The lowest BCUT2D eigenvalue weighted by molar-refractivity contribution is -0.146. The molecule has 0 aliphatic heterocycles. The molecule has 1 aromatic heterocycles. The Morgan fingerprint density at radius 3 is 2.36 bits per heavy atom. The number of rotatable bonds is 5. The zero-order valence-corrected chi connectivity index (χ0v) is 16.4. The molecule has 0 atom stereocenters. The van der Waals surface area contributed by atoms with E-state index in [2.05, 4.69) is 9.71 Å². The Morgan fingerprint density at radius 1 is 1.04 bits per heavy atom. The summed E-state index contributed by atoms with van der Waals surface area (Å²) in [6, 6.07) is 9.58. The first-order valence-corrected chi connectivity index (χ1v) is 10.1. The first-order chi connectivity index (χ1) is 13.0. The van der Waals surface area contributed by atoms with Crippen LogP contribution >= 0.6 is 0 Å². The molecule has 0 radical (unpaired) electrons. The molecule has 0 fully saturated rings. The van der Waals surface area contributed by atoms with Gasteiger partial charge < -0.3 is 4.57 Å². The maximum Gasteiger partial charge on any atom is 0.449 e. The first-order valence-electron chi connectivity index (χ1n) is 8.60. The standard InChI is InChI=1S/C19H20F3N3O2S/c1-12-10-14(3)17(11-13(12)2)28(26,27)23-8-9-25-16-7-5-4-6-15(16)24-18(25)19(20,21)22/h4-7,10-11,23H,8-9H2,1-3H3. The van der Waals surface area contributed by atoms with Gasteiger partial charge in [-0.25, -0.2) is 18.1 Å². The normalized spacial score (nSPS) is 12.6. The maximum absolute atomic E-state index is 13.3. The van der Waals surface area contributed by atoms with Crippen molar-refractivity contribution in [3.63, 3.8) is 0 Å². The number of sulfonamides is 1. The van der Waals surface area contributed by atoms with Crippen molar-refractivity contribution in [3.8, 4) is 0 Å². The maximum atomic E-state index is 13.3. The second-order valence-electron chi connectivity index (χ2n) is 6.67. The van der Waals surface area contributed by atoms with Crippen molar-refractivity contribution < 1.29 is 21.6 Å². The molecule has 0 aliphatic rings. The minimum absolute atomic E-state index is 0.127. The lowest BCUT2D eigenvalue weighted by Gasteiger charge is -2.14. The van der Waals surface area contributed by atoms with Crippen LogP contribution in [0.3, 0.4) is 0 Å². The summed E-state index contributed by atoms with van der Waals surface area (Å²) in [6.45, 7) is 4.98. The zero-order valence-electron chi connectivity index (χ0n) is 15.6.